The number of amidine groups is 1. The van der Waals surface area contributed by atoms with Crippen LogP contribution in [-0.4, -0.2) is 104 Å². The topological polar surface area (TPSA) is 236 Å². The monoisotopic (exact) mass is 545 g/mol. The van der Waals surface area contributed by atoms with Crippen molar-refractivity contribution in [2.24, 2.45) is 10.9 Å². The second kappa shape index (κ2) is 15.6. The van der Waals surface area contributed by atoms with Gasteiger partial charge in [-0.25, -0.2) is 5.43 Å². The lowest BCUT2D eigenvalue weighted by molar-refractivity contribution is -0.143. The molecule has 2 rings (SSSR count). The van der Waals surface area contributed by atoms with E-state index in [9.17, 15) is 24.3 Å². The maximum Gasteiger partial charge on any atom is 0.317 e. The quantitative estimate of drug-likeness (QED) is 0.0565. The van der Waals surface area contributed by atoms with E-state index in [2.05, 4.69) is 31.2 Å². The highest BCUT2D eigenvalue weighted by molar-refractivity contribution is 5.97. The van der Waals surface area contributed by atoms with E-state index in [0.717, 1.165) is 10.6 Å². The number of carboxylic acids is 3. The first kappa shape index (κ1) is 30.6. The minimum absolute atomic E-state index is 0.0522. The lowest BCUT2D eigenvalue weighted by Crippen LogP contribution is -2.44. The molecule has 0 aliphatic heterocycles. The van der Waals surface area contributed by atoms with E-state index < -0.39 is 43.4 Å². The van der Waals surface area contributed by atoms with E-state index in [1.165, 1.54) is 11.1 Å². The number of aliphatic carboxylic acids is 3. The lowest BCUT2D eigenvalue weighted by Gasteiger charge is -2.24. The highest BCUT2D eigenvalue weighted by atomic mass is 16.4. The molecule has 210 valence electrons. The summed E-state index contributed by atoms with van der Waals surface area (Å²) >= 11 is 0. The fraction of sp³-hybridized carbons (Fsp3) is 0.348. The van der Waals surface area contributed by atoms with Crippen LogP contribution in [0, 0.1) is 0 Å². The highest BCUT2D eigenvalue weighted by Gasteiger charge is 2.19. The number of hydrazine groups is 1. The zero-order valence-electron chi connectivity index (χ0n) is 21.1. The van der Waals surface area contributed by atoms with E-state index in [4.69, 9.17) is 16.1 Å². The summed E-state index contributed by atoms with van der Waals surface area (Å²) < 4.78 is 0. The normalized spacial score (nSPS) is 12.2. The molecule has 1 atom stereocenters. The molecule has 1 unspecified atom stereocenters. The van der Waals surface area contributed by atoms with Gasteiger partial charge in [0.05, 0.1) is 49.8 Å². The summed E-state index contributed by atoms with van der Waals surface area (Å²) in [6, 6.07) is 8.47. The van der Waals surface area contributed by atoms with Crippen molar-refractivity contribution in [2.45, 2.75) is 13.0 Å². The number of carboxylic acid groups (broad SMARTS) is 3. The van der Waals surface area contributed by atoms with Gasteiger partial charge in [-0.15, -0.1) is 0 Å². The van der Waals surface area contributed by atoms with Gasteiger partial charge in [0.15, 0.2) is 5.84 Å². The van der Waals surface area contributed by atoms with E-state index in [1.54, 1.807) is 18.3 Å². The van der Waals surface area contributed by atoms with Crippen LogP contribution in [0.4, 0.5) is 5.69 Å². The number of aromatic nitrogens is 2. The van der Waals surface area contributed by atoms with Crippen molar-refractivity contribution in [3.05, 3.63) is 54.1 Å². The molecule has 0 fully saturated rings. The molecule has 1 amide bonds. The third kappa shape index (κ3) is 11.5. The molecule has 0 spiro atoms. The van der Waals surface area contributed by atoms with Crippen LogP contribution in [0.25, 0.3) is 0 Å². The minimum Gasteiger partial charge on any atom is -0.480 e. The molecule has 0 aromatic carbocycles. The van der Waals surface area contributed by atoms with Crippen molar-refractivity contribution in [3.8, 4) is 0 Å². The van der Waals surface area contributed by atoms with Gasteiger partial charge in [0.1, 0.15) is 5.69 Å². The SMILES string of the molecule is CC(NN/C(=N\N)c1ccc(NC(=O)CN(CCN(CC(=O)O)CC(=O)O)CC(=O)O)cn1)c1ccccn1. The van der Waals surface area contributed by atoms with Gasteiger partial charge in [-0.05, 0) is 31.2 Å². The molecule has 0 radical (unpaired) electrons. The molecule has 0 aliphatic rings. The molecule has 0 aliphatic carbocycles. The zero-order chi connectivity index (χ0) is 28.8. The van der Waals surface area contributed by atoms with Gasteiger partial charge in [-0.1, -0.05) is 6.07 Å². The van der Waals surface area contributed by atoms with E-state index in [0.29, 0.717) is 11.4 Å². The first-order valence-electron chi connectivity index (χ1n) is 11.6. The molecule has 8 N–H and O–H groups in total. The average Bonchev–Trinajstić information content (AvgIpc) is 2.87. The Kier molecular flexibility index (Phi) is 12.2. The number of rotatable bonds is 16. The first-order chi connectivity index (χ1) is 18.6. The van der Waals surface area contributed by atoms with Crippen LogP contribution in [0.15, 0.2) is 47.8 Å². The van der Waals surface area contributed by atoms with Crippen LogP contribution < -0.4 is 22.0 Å². The summed E-state index contributed by atoms with van der Waals surface area (Å²) in [6.45, 7) is -0.173. The fourth-order valence-electron chi connectivity index (χ4n) is 3.34. The average molecular weight is 546 g/mol. The zero-order valence-corrected chi connectivity index (χ0v) is 21.1. The van der Waals surface area contributed by atoms with E-state index in [-0.39, 0.29) is 31.5 Å². The maximum atomic E-state index is 12.5. The summed E-state index contributed by atoms with van der Waals surface area (Å²) in [5.74, 6) is 1.50. The molecular weight excluding hydrogens is 514 g/mol. The molecule has 2 aromatic rings. The molecule has 2 heterocycles. The standard InChI is InChI=1S/C23H31N9O7/c1-15(17-4-2-3-7-25-17)29-30-23(28-24)18-6-5-16(10-26-18)27-19(33)11-31(12-20(34)35)8-9-32(13-21(36)37)14-22(38)39/h2-7,10,15,29H,8-9,11-14,24H2,1H3,(H,27,33)(H,28,30)(H,34,35)(H,36,37)(H,38,39). The summed E-state index contributed by atoms with van der Waals surface area (Å²) in [5.41, 5.74) is 7.39. The molecule has 16 heteroatoms. The third-order valence-electron chi connectivity index (χ3n) is 5.13. The lowest BCUT2D eigenvalue weighted by atomic mass is 10.2. The Morgan fingerprint density at radius 3 is 2.03 bits per heavy atom. The van der Waals surface area contributed by atoms with Crippen molar-refractivity contribution in [1.29, 1.82) is 0 Å². The minimum atomic E-state index is -1.23. The number of hydrogen-bond donors (Lipinski definition) is 7. The fourth-order valence-corrected chi connectivity index (χ4v) is 3.34. The summed E-state index contributed by atoms with van der Waals surface area (Å²) in [4.78, 5) is 56.6. The summed E-state index contributed by atoms with van der Waals surface area (Å²) in [7, 11) is 0. The largest absolute Gasteiger partial charge is 0.480 e. The molecule has 0 saturated carbocycles. The number of hydrogen-bond acceptors (Lipinski definition) is 11. The Bertz CT molecular complexity index is 1130. The van der Waals surface area contributed by atoms with Crippen molar-refractivity contribution >= 4 is 35.3 Å². The number of nitrogens with one attached hydrogen (secondary N) is 3. The first-order valence-corrected chi connectivity index (χ1v) is 11.6. The van der Waals surface area contributed by atoms with Crippen LogP contribution in [0.2, 0.25) is 0 Å². The Balaban J connectivity index is 1.94. The molecule has 39 heavy (non-hydrogen) atoms. The van der Waals surface area contributed by atoms with E-state index >= 15 is 0 Å². The number of carbonyl (C=O) groups is 4. The van der Waals surface area contributed by atoms with Gasteiger partial charge >= 0.3 is 17.9 Å². The van der Waals surface area contributed by atoms with Crippen LogP contribution >= 0.6 is 0 Å². The summed E-state index contributed by atoms with van der Waals surface area (Å²) in [5, 5.41) is 33.4. The predicted molar refractivity (Wildman–Crippen MR) is 138 cm³/mol. The van der Waals surface area contributed by atoms with Gasteiger partial charge in [0, 0.05) is 19.3 Å². The molecule has 16 nitrogen and oxygen atoms in total. The van der Waals surface area contributed by atoms with Gasteiger partial charge in [0.25, 0.3) is 0 Å². The maximum absolute atomic E-state index is 12.5. The van der Waals surface area contributed by atoms with Crippen LogP contribution in [0.5, 0.6) is 0 Å². The van der Waals surface area contributed by atoms with E-state index in [1.807, 2.05) is 25.1 Å². The second-order valence-electron chi connectivity index (χ2n) is 8.31. The summed E-state index contributed by atoms with van der Waals surface area (Å²) in [6.07, 6.45) is 3.04. The predicted octanol–water partition coefficient (Wildman–Crippen LogP) is -1.25. The second-order valence-corrected chi connectivity index (χ2v) is 8.31. The van der Waals surface area contributed by atoms with Crippen LogP contribution in [-0.2, 0) is 19.2 Å². The van der Waals surface area contributed by atoms with Gasteiger partial charge in [-0.2, -0.15) is 5.10 Å². The molecule has 2 aromatic heterocycles. The molecule has 0 bridgehead atoms. The number of amides is 1. The number of carbonyl (C=O) groups excluding carboxylic acids is 1. The number of pyridine rings is 2. The Morgan fingerprint density at radius 2 is 1.54 bits per heavy atom. The Labute approximate surface area is 223 Å². The van der Waals surface area contributed by atoms with Crippen LogP contribution in [0.3, 0.4) is 0 Å². The third-order valence-corrected chi connectivity index (χ3v) is 5.13. The molecular formula is C23H31N9O7. The van der Waals surface area contributed by atoms with Gasteiger partial charge < -0.3 is 31.9 Å². The van der Waals surface area contributed by atoms with Crippen molar-refractivity contribution < 1.29 is 34.5 Å². The number of hydrazone groups is 1. The van der Waals surface area contributed by atoms with Crippen molar-refractivity contribution in [1.82, 2.24) is 30.6 Å². The van der Waals surface area contributed by atoms with Crippen molar-refractivity contribution in [2.75, 3.05) is 44.6 Å². The number of anilines is 1. The number of nitrogens with two attached hydrogens (primary N) is 1. The van der Waals surface area contributed by atoms with Gasteiger partial charge in [-0.3, -0.25) is 38.9 Å². The molecule has 0 saturated heterocycles. The highest BCUT2D eigenvalue weighted by Crippen LogP contribution is 2.09. The smallest absolute Gasteiger partial charge is 0.317 e. The van der Waals surface area contributed by atoms with Crippen molar-refractivity contribution in [3.63, 3.8) is 0 Å². The number of nitrogens with zero attached hydrogens (tertiary/aromatic N) is 5. The van der Waals surface area contributed by atoms with Gasteiger partial charge in [0.2, 0.25) is 5.91 Å². The Morgan fingerprint density at radius 1 is 0.923 bits per heavy atom. The Hall–Kier alpha value is -4.67. The van der Waals surface area contributed by atoms with Crippen LogP contribution in [0.1, 0.15) is 24.4 Å².